The molecule has 0 saturated heterocycles. The molecule has 8 nitrogen and oxygen atoms in total. The summed E-state index contributed by atoms with van der Waals surface area (Å²) in [4.78, 5) is 27.9. The number of carbonyl (C=O) groups excluding carboxylic acids is 2. The number of anilines is 2. The zero-order valence-corrected chi connectivity index (χ0v) is 18.8. The van der Waals surface area contributed by atoms with Gasteiger partial charge in [-0.15, -0.1) is 0 Å². The molecule has 0 radical (unpaired) electrons. The fourth-order valence-corrected chi connectivity index (χ4v) is 4.44. The van der Waals surface area contributed by atoms with E-state index in [1.54, 1.807) is 61.6 Å². The van der Waals surface area contributed by atoms with Crippen molar-refractivity contribution in [2.75, 3.05) is 17.1 Å². The van der Waals surface area contributed by atoms with Gasteiger partial charge in [0.25, 0.3) is 21.8 Å². The molecule has 33 heavy (non-hydrogen) atoms. The van der Waals surface area contributed by atoms with Crippen molar-refractivity contribution in [2.24, 2.45) is 0 Å². The number of hydrogen-bond acceptors (Lipinski definition) is 4. The van der Waals surface area contributed by atoms with E-state index in [1.165, 1.54) is 18.2 Å². The maximum Gasteiger partial charge on any atom is 0.267 e. The molecule has 4 rings (SSSR count). The van der Waals surface area contributed by atoms with Gasteiger partial charge in [0.1, 0.15) is 5.69 Å². The minimum absolute atomic E-state index is 0.105. The number of nitrogens with one attached hydrogen (secondary N) is 4. The first-order valence-corrected chi connectivity index (χ1v) is 11.6. The summed E-state index contributed by atoms with van der Waals surface area (Å²) in [5.74, 6) is -0.717. The van der Waals surface area contributed by atoms with Crippen molar-refractivity contribution in [1.82, 2.24) is 10.3 Å². The second-order valence-electron chi connectivity index (χ2n) is 7.48. The Labute approximate surface area is 191 Å². The van der Waals surface area contributed by atoms with E-state index in [0.717, 1.165) is 16.5 Å². The molecule has 0 bridgehead atoms. The molecule has 0 atom stereocenters. The van der Waals surface area contributed by atoms with Gasteiger partial charge in [0.05, 0.1) is 16.1 Å². The van der Waals surface area contributed by atoms with E-state index in [-0.39, 0.29) is 22.1 Å². The Morgan fingerprint density at radius 3 is 2.33 bits per heavy atom. The number of sulfonamides is 1. The van der Waals surface area contributed by atoms with Crippen LogP contribution in [0.4, 0.5) is 11.4 Å². The van der Waals surface area contributed by atoms with Crippen molar-refractivity contribution in [3.63, 3.8) is 0 Å². The first-order chi connectivity index (χ1) is 15.8. The Morgan fingerprint density at radius 1 is 0.879 bits per heavy atom. The smallest absolute Gasteiger partial charge is 0.267 e. The van der Waals surface area contributed by atoms with Crippen LogP contribution in [0.5, 0.6) is 0 Å². The number of para-hydroxylation sites is 1. The van der Waals surface area contributed by atoms with E-state index >= 15 is 0 Å². The Kier molecular flexibility index (Phi) is 5.89. The van der Waals surface area contributed by atoms with E-state index in [2.05, 4.69) is 20.3 Å². The number of amides is 2. The summed E-state index contributed by atoms with van der Waals surface area (Å²) in [6.07, 6.45) is 0. The second kappa shape index (κ2) is 8.79. The molecular weight excluding hydrogens is 440 g/mol. The molecule has 1 heterocycles. The summed E-state index contributed by atoms with van der Waals surface area (Å²) < 4.78 is 28.1. The maximum atomic E-state index is 13.0. The highest BCUT2D eigenvalue weighted by atomic mass is 32.2. The highest BCUT2D eigenvalue weighted by molar-refractivity contribution is 7.92. The van der Waals surface area contributed by atoms with Crippen LogP contribution in [0.2, 0.25) is 0 Å². The van der Waals surface area contributed by atoms with Crippen LogP contribution in [0.15, 0.2) is 77.7 Å². The molecule has 4 N–H and O–H groups in total. The lowest BCUT2D eigenvalue weighted by molar-refractivity contribution is 0.0958. The summed E-state index contributed by atoms with van der Waals surface area (Å²) in [6, 6.07) is 19.7. The third-order valence-electron chi connectivity index (χ3n) is 5.10. The molecule has 0 spiro atoms. The lowest BCUT2D eigenvalue weighted by Crippen LogP contribution is -2.18. The van der Waals surface area contributed by atoms with Crippen molar-refractivity contribution >= 4 is 44.1 Å². The molecule has 1 aromatic heterocycles. The summed E-state index contributed by atoms with van der Waals surface area (Å²) in [7, 11) is -2.32. The van der Waals surface area contributed by atoms with E-state index in [0.29, 0.717) is 11.4 Å². The van der Waals surface area contributed by atoms with Gasteiger partial charge in [-0.05, 0) is 55.5 Å². The standard InChI is InChI=1S/C24H22N4O4S/c1-15-7-10-18(11-8-15)33(31,32)28-21-6-4-3-5-19(21)23(29)26-17-9-12-20-16(13-17)14-22(27-20)24(30)25-2/h3-14,27-28H,1-2H3,(H,25,30)(H,26,29). The van der Waals surface area contributed by atoms with Gasteiger partial charge in [-0.1, -0.05) is 29.8 Å². The minimum Gasteiger partial charge on any atom is -0.354 e. The number of aromatic nitrogens is 1. The molecule has 9 heteroatoms. The zero-order chi connectivity index (χ0) is 23.6. The van der Waals surface area contributed by atoms with E-state index in [9.17, 15) is 18.0 Å². The summed E-state index contributed by atoms with van der Waals surface area (Å²) in [5.41, 5.74) is 2.94. The average Bonchev–Trinajstić information content (AvgIpc) is 3.22. The van der Waals surface area contributed by atoms with Crippen LogP contribution in [-0.2, 0) is 10.0 Å². The van der Waals surface area contributed by atoms with Gasteiger partial charge < -0.3 is 15.6 Å². The number of rotatable bonds is 6. The number of H-pyrrole nitrogens is 1. The lowest BCUT2D eigenvalue weighted by Gasteiger charge is -2.13. The molecule has 2 amide bonds. The Morgan fingerprint density at radius 2 is 1.61 bits per heavy atom. The molecule has 0 saturated carbocycles. The fourth-order valence-electron chi connectivity index (χ4n) is 3.36. The number of fused-ring (bicyclic) bond motifs is 1. The van der Waals surface area contributed by atoms with Crippen LogP contribution in [0, 0.1) is 6.92 Å². The molecule has 0 aliphatic rings. The first-order valence-electron chi connectivity index (χ1n) is 10.1. The monoisotopic (exact) mass is 462 g/mol. The molecule has 4 aromatic rings. The zero-order valence-electron chi connectivity index (χ0n) is 18.0. The molecule has 0 unspecified atom stereocenters. The quantitative estimate of drug-likeness (QED) is 0.347. The predicted octanol–water partition coefficient (Wildman–Crippen LogP) is 3.89. The number of aryl methyl sites for hydroxylation is 1. The second-order valence-corrected chi connectivity index (χ2v) is 9.16. The average molecular weight is 463 g/mol. The van der Waals surface area contributed by atoms with Crippen molar-refractivity contribution in [2.45, 2.75) is 11.8 Å². The Hall–Kier alpha value is -4.11. The van der Waals surface area contributed by atoms with Gasteiger partial charge in [-0.2, -0.15) is 0 Å². The summed E-state index contributed by atoms with van der Waals surface area (Å²) in [5, 5.41) is 6.09. The molecule has 0 aliphatic carbocycles. The number of aromatic amines is 1. The van der Waals surface area contributed by atoms with Crippen LogP contribution < -0.4 is 15.4 Å². The van der Waals surface area contributed by atoms with Crippen molar-refractivity contribution in [1.29, 1.82) is 0 Å². The number of benzene rings is 3. The highest BCUT2D eigenvalue weighted by Gasteiger charge is 2.19. The van der Waals surface area contributed by atoms with E-state index in [1.807, 2.05) is 6.92 Å². The van der Waals surface area contributed by atoms with Crippen molar-refractivity contribution in [3.05, 3.63) is 89.6 Å². The highest BCUT2D eigenvalue weighted by Crippen LogP contribution is 2.24. The third-order valence-corrected chi connectivity index (χ3v) is 6.48. The van der Waals surface area contributed by atoms with Crippen LogP contribution in [0.3, 0.4) is 0 Å². The SMILES string of the molecule is CNC(=O)c1cc2cc(NC(=O)c3ccccc3NS(=O)(=O)c3ccc(C)cc3)ccc2[nH]1. The van der Waals surface area contributed by atoms with Gasteiger partial charge in [-0.3, -0.25) is 14.3 Å². The first kappa shape index (κ1) is 22.1. The predicted molar refractivity (Wildman–Crippen MR) is 128 cm³/mol. The maximum absolute atomic E-state index is 13.0. The molecular formula is C24H22N4O4S. The molecule has 0 fully saturated rings. The molecule has 3 aromatic carbocycles. The molecule has 168 valence electrons. The fraction of sp³-hybridized carbons (Fsp3) is 0.0833. The van der Waals surface area contributed by atoms with Gasteiger partial charge in [0.2, 0.25) is 0 Å². The number of hydrogen-bond donors (Lipinski definition) is 4. The van der Waals surface area contributed by atoms with E-state index < -0.39 is 15.9 Å². The summed E-state index contributed by atoms with van der Waals surface area (Å²) >= 11 is 0. The Bertz CT molecular complexity index is 1460. The van der Waals surface area contributed by atoms with Gasteiger partial charge in [0.15, 0.2) is 0 Å². The van der Waals surface area contributed by atoms with Gasteiger partial charge in [0, 0.05) is 23.6 Å². The number of carbonyl (C=O) groups is 2. The van der Waals surface area contributed by atoms with Crippen molar-refractivity contribution in [3.8, 4) is 0 Å². The van der Waals surface area contributed by atoms with Crippen molar-refractivity contribution < 1.29 is 18.0 Å². The largest absolute Gasteiger partial charge is 0.354 e. The van der Waals surface area contributed by atoms with E-state index in [4.69, 9.17) is 0 Å². The van der Waals surface area contributed by atoms with Crippen LogP contribution in [0.25, 0.3) is 10.9 Å². The Balaban J connectivity index is 1.58. The van der Waals surface area contributed by atoms with Crippen LogP contribution >= 0.6 is 0 Å². The molecule has 0 aliphatic heterocycles. The van der Waals surface area contributed by atoms with Gasteiger partial charge >= 0.3 is 0 Å². The third kappa shape index (κ3) is 4.73. The topological polar surface area (TPSA) is 120 Å². The normalized spacial score (nSPS) is 11.2. The van der Waals surface area contributed by atoms with Crippen LogP contribution in [0.1, 0.15) is 26.4 Å². The summed E-state index contributed by atoms with van der Waals surface area (Å²) in [6.45, 7) is 1.87. The minimum atomic E-state index is -3.87. The lowest BCUT2D eigenvalue weighted by atomic mass is 10.1. The van der Waals surface area contributed by atoms with Gasteiger partial charge in [-0.25, -0.2) is 8.42 Å². The van der Waals surface area contributed by atoms with Crippen LogP contribution in [-0.4, -0.2) is 32.3 Å².